The molecule has 5 heteroatoms. The second-order valence-corrected chi connectivity index (χ2v) is 9.74. The Balaban J connectivity index is 1.56. The summed E-state index contributed by atoms with van der Waals surface area (Å²) < 4.78 is 0. The van der Waals surface area contributed by atoms with Crippen LogP contribution in [-0.2, 0) is 19.4 Å². The Kier molecular flexibility index (Phi) is 5.90. The Morgan fingerprint density at radius 2 is 1.88 bits per heavy atom. The van der Waals surface area contributed by atoms with E-state index < -0.39 is 0 Å². The molecule has 0 radical (unpaired) electrons. The molecule has 0 fully saturated rings. The molecular formula is C28H29ClN2O2. The van der Waals surface area contributed by atoms with E-state index in [4.69, 9.17) is 11.6 Å². The lowest BCUT2D eigenvalue weighted by molar-refractivity contribution is 0.0783. The maximum atomic E-state index is 13.5. The fourth-order valence-electron chi connectivity index (χ4n) is 5.61. The maximum Gasteiger partial charge on any atom is 0.254 e. The molecule has 0 aromatic heterocycles. The van der Waals surface area contributed by atoms with Gasteiger partial charge in [0, 0.05) is 37.7 Å². The summed E-state index contributed by atoms with van der Waals surface area (Å²) in [4.78, 5) is 17.7. The second kappa shape index (κ2) is 8.85. The van der Waals surface area contributed by atoms with Crippen LogP contribution in [0.2, 0.25) is 5.02 Å². The molecule has 2 atom stereocenters. The van der Waals surface area contributed by atoms with E-state index in [1.165, 1.54) is 11.1 Å². The quantitative estimate of drug-likeness (QED) is 0.580. The van der Waals surface area contributed by atoms with E-state index in [0.29, 0.717) is 17.6 Å². The van der Waals surface area contributed by atoms with E-state index in [1.807, 2.05) is 61.6 Å². The van der Waals surface area contributed by atoms with Gasteiger partial charge in [-0.25, -0.2) is 0 Å². The van der Waals surface area contributed by atoms with Crippen LogP contribution < -0.4 is 0 Å². The number of hydrogen-bond donors (Lipinski definition) is 1. The number of phenols is 1. The standard InChI is InChI=1S/C28H29ClN2O2/c1-30-14-13-19-15-24(29)26(32)16-23(19)27-21-9-6-10-22(20(21)11-12-25(27)30)28(33)31(2)17-18-7-4-3-5-8-18/h3-10,15-16,25,27,32H,11-14,17H2,1-2H3/t25-,27+/m0/s1. The zero-order valence-electron chi connectivity index (χ0n) is 19.1. The summed E-state index contributed by atoms with van der Waals surface area (Å²) in [6.07, 6.45) is 2.74. The van der Waals surface area contributed by atoms with E-state index >= 15 is 0 Å². The van der Waals surface area contributed by atoms with Crippen LogP contribution in [0.4, 0.5) is 0 Å². The number of carbonyl (C=O) groups is 1. The van der Waals surface area contributed by atoms with Gasteiger partial charge in [-0.15, -0.1) is 0 Å². The molecule has 2 aliphatic rings. The zero-order valence-corrected chi connectivity index (χ0v) is 19.8. The van der Waals surface area contributed by atoms with Crippen molar-refractivity contribution in [1.82, 2.24) is 9.80 Å². The lowest BCUT2D eigenvalue weighted by Crippen LogP contribution is -2.40. The summed E-state index contributed by atoms with van der Waals surface area (Å²) in [5.74, 6) is 0.280. The first kappa shape index (κ1) is 22.0. The number of rotatable bonds is 3. The van der Waals surface area contributed by atoms with Crippen LogP contribution in [-0.4, -0.2) is 47.5 Å². The number of fused-ring (bicyclic) bond motifs is 5. The number of phenolic OH excluding ortho intramolecular Hbond substituents is 1. The first-order valence-corrected chi connectivity index (χ1v) is 11.9. The van der Waals surface area contributed by atoms with Gasteiger partial charge in [-0.3, -0.25) is 4.79 Å². The SMILES string of the molecule is CN(Cc1ccccc1)C(=O)c1cccc2c1CC[C@H]1[C@H]2c2cc(O)c(Cl)cc2CCN1C. The van der Waals surface area contributed by atoms with Gasteiger partial charge in [0.15, 0.2) is 0 Å². The third-order valence-electron chi connectivity index (χ3n) is 7.31. The van der Waals surface area contributed by atoms with E-state index in [9.17, 15) is 9.90 Å². The monoisotopic (exact) mass is 460 g/mol. The normalized spacial score (nSPS) is 19.7. The summed E-state index contributed by atoms with van der Waals surface area (Å²) in [6, 6.07) is 20.3. The minimum absolute atomic E-state index is 0.0512. The Bertz CT molecular complexity index is 1190. The Morgan fingerprint density at radius 1 is 1.09 bits per heavy atom. The van der Waals surface area contributed by atoms with Gasteiger partial charge < -0.3 is 14.9 Å². The minimum atomic E-state index is 0.0512. The summed E-state index contributed by atoms with van der Waals surface area (Å²) in [5, 5.41) is 10.8. The molecular weight excluding hydrogens is 432 g/mol. The molecule has 0 bridgehead atoms. The highest BCUT2D eigenvalue weighted by Gasteiger charge is 2.38. The van der Waals surface area contributed by atoms with Crippen molar-refractivity contribution in [3.05, 3.63) is 99.1 Å². The van der Waals surface area contributed by atoms with Crippen molar-refractivity contribution < 1.29 is 9.90 Å². The van der Waals surface area contributed by atoms with Crippen LogP contribution in [0.15, 0.2) is 60.7 Å². The first-order valence-electron chi connectivity index (χ1n) is 11.6. The summed E-state index contributed by atoms with van der Waals surface area (Å²) >= 11 is 6.27. The molecule has 0 unspecified atom stereocenters. The van der Waals surface area contributed by atoms with Gasteiger partial charge in [0.2, 0.25) is 0 Å². The van der Waals surface area contributed by atoms with Gasteiger partial charge in [-0.2, -0.15) is 0 Å². The van der Waals surface area contributed by atoms with E-state index in [0.717, 1.165) is 48.1 Å². The van der Waals surface area contributed by atoms with Gasteiger partial charge in [0.05, 0.1) is 5.02 Å². The molecule has 4 nitrogen and oxygen atoms in total. The number of aromatic hydroxyl groups is 1. The third-order valence-corrected chi connectivity index (χ3v) is 7.61. The molecule has 1 aliphatic heterocycles. The van der Waals surface area contributed by atoms with Gasteiger partial charge >= 0.3 is 0 Å². The Morgan fingerprint density at radius 3 is 2.67 bits per heavy atom. The smallest absolute Gasteiger partial charge is 0.254 e. The van der Waals surface area contributed by atoms with Gasteiger partial charge in [-0.05, 0) is 72.3 Å². The van der Waals surface area contributed by atoms with Crippen molar-refractivity contribution in [1.29, 1.82) is 0 Å². The predicted octanol–water partition coefficient (Wildman–Crippen LogP) is 5.25. The number of halogens is 1. The third kappa shape index (κ3) is 4.03. The van der Waals surface area contributed by atoms with Crippen molar-refractivity contribution in [3.8, 4) is 5.75 Å². The van der Waals surface area contributed by atoms with Crippen molar-refractivity contribution in [2.75, 3.05) is 20.6 Å². The van der Waals surface area contributed by atoms with Crippen LogP contribution in [0.1, 0.15) is 50.5 Å². The van der Waals surface area contributed by atoms with Crippen LogP contribution in [0.25, 0.3) is 0 Å². The Hall–Kier alpha value is -2.82. The van der Waals surface area contributed by atoms with Crippen molar-refractivity contribution in [3.63, 3.8) is 0 Å². The molecule has 0 saturated carbocycles. The zero-order chi connectivity index (χ0) is 23.1. The first-order chi connectivity index (χ1) is 15.9. The van der Waals surface area contributed by atoms with Gasteiger partial charge in [0.1, 0.15) is 5.75 Å². The number of amides is 1. The number of nitrogens with zero attached hydrogens (tertiary/aromatic N) is 2. The molecule has 1 N–H and O–H groups in total. The van der Waals surface area contributed by atoms with E-state index in [-0.39, 0.29) is 17.6 Å². The van der Waals surface area contributed by atoms with E-state index in [1.54, 1.807) is 4.90 Å². The summed E-state index contributed by atoms with van der Waals surface area (Å²) in [5.41, 5.74) is 6.56. The molecule has 33 heavy (non-hydrogen) atoms. The fraction of sp³-hybridized carbons (Fsp3) is 0.321. The molecule has 1 amide bonds. The largest absolute Gasteiger partial charge is 0.506 e. The van der Waals surface area contributed by atoms with Gasteiger partial charge in [-0.1, -0.05) is 54.1 Å². The summed E-state index contributed by atoms with van der Waals surface area (Å²) in [7, 11) is 4.05. The fourth-order valence-corrected chi connectivity index (χ4v) is 5.80. The highest BCUT2D eigenvalue weighted by atomic mass is 35.5. The van der Waals surface area contributed by atoms with Crippen molar-refractivity contribution >= 4 is 17.5 Å². The topological polar surface area (TPSA) is 43.8 Å². The van der Waals surface area contributed by atoms with Crippen LogP contribution in [0.5, 0.6) is 5.75 Å². The lowest BCUT2D eigenvalue weighted by Gasteiger charge is -2.39. The average molecular weight is 461 g/mol. The predicted molar refractivity (Wildman–Crippen MR) is 132 cm³/mol. The van der Waals surface area contributed by atoms with Crippen LogP contribution in [0.3, 0.4) is 0 Å². The molecule has 1 aliphatic carbocycles. The Labute approximate surface area is 200 Å². The summed E-state index contributed by atoms with van der Waals surface area (Å²) in [6.45, 7) is 1.52. The molecule has 3 aromatic rings. The average Bonchev–Trinajstić information content (AvgIpc) is 2.96. The number of likely N-dealkylation sites (N-methyl/N-ethyl adjacent to an activating group) is 1. The lowest BCUT2D eigenvalue weighted by atomic mass is 9.73. The second-order valence-electron chi connectivity index (χ2n) is 9.34. The number of benzene rings is 3. The highest BCUT2D eigenvalue weighted by Crippen LogP contribution is 2.45. The number of carbonyl (C=O) groups excluding carboxylic acids is 1. The molecule has 0 spiro atoms. The minimum Gasteiger partial charge on any atom is -0.506 e. The van der Waals surface area contributed by atoms with Crippen molar-refractivity contribution in [2.24, 2.45) is 0 Å². The molecule has 170 valence electrons. The molecule has 0 saturated heterocycles. The van der Waals surface area contributed by atoms with Crippen LogP contribution in [0, 0.1) is 0 Å². The number of hydrogen-bond acceptors (Lipinski definition) is 3. The molecule has 1 heterocycles. The van der Waals surface area contributed by atoms with Crippen molar-refractivity contribution in [2.45, 2.75) is 37.8 Å². The molecule has 5 rings (SSSR count). The van der Waals surface area contributed by atoms with E-state index in [2.05, 4.69) is 18.0 Å². The maximum absolute atomic E-state index is 13.5. The van der Waals surface area contributed by atoms with Gasteiger partial charge in [0.25, 0.3) is 5.91 Å². The highest BCUT2D eigenvalue weighted by molar-refractivity contribution is 6.32. The van der Waals surface area contributed by atoms with Crippen LogP contribution >= 0.6 is 11.6 Å². The molecule has 3 aromatic carbocycles.